The number of alkyl halides is 1. The fourth-order valence-corrected chi connectivity index (χ4v) is 7.47. The third-order valence-electron chi connectivity index (χ3n) is 9.19. The highest BCUT2D eigenvalue weighted by atomic mass is 31.2. The lowest BCUT2D eigenvalue weighted by Gasteiger charge is -2.25. The van der Waals surface area contributed by atoms with E-state index in [-0.39, 0.29) is 18.1 Å². The molecule has 0 aliphatic carbocycles. The summed E-state index contributed by atoms with van der Waals surface area (Å²) in [5.41, 5.74) is -4.25. The Balaban J connectivity index is 1.39. The van der Waals surface area contributed by atoms with Crippen molar-refractivity contribution in [2.24, 2.45) is 0 Å². The van der Waals surface area contributed by atoms with Crippen LogP contribution in [0.15, 0.2) is 125 Å². The number of aromatic amines is 1. The van der Waals surface area contributed by atoms with Gasteiger partial charge in [0.15, 0.2) is 11.9 Å². The Hall–Kier alpha value is -4.92. The number of rotatable bonds is 28. The SMILES string of the molecule is CCC=CCC=CCC=CCC=CCC=CCC=CCCC(=O)NCCCCC(NP(=O)(OC[C@H]1O[C@@H](n2ccc(=O)[nH]c2=O)[C@](C)(F)[C@@H]1O)Oc1ccccc1)C(=O)O. The average molecular weight is 855 g/mol. The number of aliphatic carboxylic acids is 1. The molecule has 3 rings (SSSR count). The first-order valence-corrected chi connectivity index (χ1v) is 21.9. The van der Waals surface area contributed by atoms with Gasteiger partial charge in [-0.3, -0.25) is 28.5 Å². The van der Waals surface area contributed by atoms with E-state index < -0.39 is 61.7 Å². The number of para-hydroxylation sites is 1. The van der Waals surface area contributed by atoms with Crippen molar-refractivity contribution < 1.29 is 42.5 Å². The molecule has 0 radical (unpaired) electrons. The number of benzene rings is 1. The predicted octanol–water partition coefficient (Wildman–Crippen LogP) is 7.53. The maximum absolute atomic E-state index is 15.7. The smallest absolute Gasteiger partial charge is 0.459 e. The number of aromatic nitrogens is 2. The normalized spacial score (nSPS) is 21.2. The fourth-order valence-electron chi connectivity index (χ4n) is 5.92. The fraction of sp³-hybridized carbons (Fsp3) is 0.455. The molecule has 16 heteroatoms. The maximum atomic E-state index is 15.7. The van der Waals surface area contributed by atoms with Gasteiger partial charge in [-0.25, -0.2) is 13.8 Å². The first-order valence-electron chi connectivity index (χ1n) is 20.4. The summed E-state index contributed by atoms with van der Waals surface area (Å²) in [5, 5.41) is 26.0. The summed E-state index contributed by atoms with van der Waals surface area (Å²) in [6.45, 7) is 2.70. The standard InChI is InChI=1S/C44H60FN4O10P/c1-3-4-5-6-7-8-9-10-11-12-13-14-15-16-17-18-19-20-24-30-38(50)46-32-26-25-29-36(41(53)54)48-60(56,59-35-27-22-21-23-28-35)57-34-37-40(52)44(2,45)42(58-37)49-33-31-39(51)47-43(49)55/h4-5,7-8,10-11,13-14,16-17,19-23,27-28,31,33,36-37,40,42,52H,3,6,9,12,15,18,24-26,29-30,32,34H2,1-2H3,(H,46,50)(H,48,56)(H,53,54)(H,47,51,55)/t36?,37-,40-,42-,44-,60?/m1/s1. The summed E-state index contributed by atoms with van der Waals surface area (Å²) in [6, 6.07) is 7.37. The van der Waals surface area contributed by atoms with E-state index in [0.29, 0.717) is 32.2 Å². The number of carbonyl (C=O) groups excluding carboxylic acids is 1. The van der Waals surface area contributed by atoms with Crippen LogP contribution in [0.1, 0.15) is 90.7 Å². The summed E-state index contributed by atoms with van der Waals surface area (Å²) in [7, 11) is -4.54. The molecule has 328 valence electrons. The Bertz CT molecular complexity index is 1960. The molecule has 0 spiro atoms. The quantitative estimate of drug-likeness (QED) is 0.0322. The van der Waals surface area contributed by atoms with Gasteiger partial charge in [-0.05, 0) is 83.3 Å². The zero-order valence-corrected chi connectivity index (χ0v) is 35.3. The Morgan fingerprint density at radius 3 is 2.08 bits per heavy atom. The number of aliphatic hydroxyl groups excluding tert-OH is 1. The highest BCUT2D eigenvalue weighted by Crippen LogP contribution is 2.47. The average Bonchev–Trinajstić information content (AvgIpc) is 3.44. The van der Waals surface area contributed by atoms with Crippen molar-refractivity contribution >= 4 is 19.6 Å². The van der Waals surface area contributed by atoms with E-state index in [1.165, 1.54) is 12.1 Å². The van der Waals surface area contributed by atoms with Crippen molar-refractivity contribution in [3.63, 3.8) is 0 Å². The summed E-state index contributed by atoms with van der Waals surface area (Å²) in [6.07, 6.45) is 28.6. The maximum Gasteiger partial charge on any atom is 0.459 e. The van der Waals surface area contributed by atoms with Crippen molar-refractivity contribution in [1.82, 2.24) is 20.0 Å². The highest BCUT2D eigenvalue weighted by molar-refractivity contribution is 7.52. The second-order valence-electron chi connectivity index (χ2n) is 14.2. The van der Waals surface area contributed by atoms with Crippen LogP contribution in [0.5, 0.6) is 5.75 Å². The number of halogens is 1. The highest BCUT2D eigenvalue weighted by Gasteiger charge is 2.56. The van der Waals surface area contributed by atoms with Crippen LogP contribution in [0.2, 0.25) is 0 Å². The van der Waals surface area contributed by atoms with Crippen LogP contribution in [0, 0.1) is 0 Å². The van der Waals surface area contributed by atoms with Gasteiger partial charge in [0.05, 0.1) is 6.61 Å². The number of amides is 1. The van der Waals surface area contributed by atoms with Crippen LogP contribution < -0.4 is 26.2 Å². The number of ether oxygens (including phenoxy) is 1. The Kier molecular flexibility index (Phi) is 22.3. The van der Waals surface area contributed by atoms with Gasteiger partial charge in [0.2, 0.25) is 5.91 Å². The number of aliphatic hydroxyl groups is 1. The number of carbonyl (C=O) groups is 2. The molecule has 0 saturated carbocycles. The molecule has 2 unspecified atom stereocenters. The first-order chi connectivity index (χ1) is 28.9. The Labute approximate surface area is 351 Å². The van der Waals surface area contributed by atoms with Crippen molar-refractivity contribution in [1.29, 1.82) is 0 Å². The second kappa shape index (κ2) is 27.0. The molecule has 2 heterocycles. The van der Waals surface area contributed by atoms with Gasteiger partial charge < -0.3 is 24.8 Å². The third-order valence-corrected chi connectivity index (χ3v) is 10.8. The number of unbranched alkanes of at least 4 members (excludes halogenated alkanes) is 1. The molecule has 1 aromatic carbocycles. The van der Waals surface area contributed by atoms with Crippen molar-refractivity contribution in [3.8, 4) is 5.75 Å². The minimum Gasteiger partial charge on any atom is -0.480 e. The molecule has 1 saturated heterocycles. The Morgan fingerprint density at radius 2 is 1.52 bits per heavy atom. The molecule has 5 N–H and O–H groups in total. The van der Waals surface area contributed by atoms with Gasteiger partial charge in [0.25, 0.3) is 5.56 Å². The lowest BCUT2D eigenvalue weighted by atomic mass is 9.98. The minimum absolute atomic E-state index is 0.0163. The van der Waals surface area contributed by atoms with Crippen LogP contribution >= 0.6 is 7.75 Å². The second-order valence-corrected chi connectivity index (χ2v) is 15.9. The van der Waals surface area contributed by atoms with E-state index in [1.807, 2.05) is 17.1 Å². The topological polar surface area (TPSA) is 198 Å². The number of allylic oxidation sites excluding steroid dienone is 12. The molecule has 2 aromatic rings. The van der Waals surface area contributed by atoms with Gasteiger partial charge in [-0.15, -0.1) is 0 Å². The van der Waals surface area contributed by atoms with E-state index in [0.717, 1.165) is 62.3 Å². The number of carboxylic acid groups (broad SMARTS) is 1. The molecule has 60 heavy (non-hydrogen) atoms. The van der Waals surface area contributed by atoms with E-state index in [4.69, 9.17) is 13.8 Å². The van der Waals surface area contributed by atoms with Crippen LogP contribution in [0.25, 0.3) is 0 Å². The Morgan fingerprint density at radius 1 is 0.933 bits per heavy atom. The van der Waals surface area contributed by atoms with Gasteiger partial charge in [-0.1, -0.05) is 98.0 Å². The molecule has 1 aromatic heterocycles. The van der Waals surface area contributed by atoms with Crippen molar-refractivity contribution in [2.75, 3.05) is 13.2 Å². The predicted molar refractivity (Wildman–Crippen MR) is 230 cm³/mol. The van der Waals surface area contributed by atoms with E-state index >= 15 is 4.39 Å². The number of nitrogens with zero attached hydrogens (tertiary/aromatic N) is 1. The largest absolute Gasteiger partial charge is 0.480 e. The molecule has 14 nitrogen and oxygen atoms in total. The van der Waals surface area contributed by atoms with Crippen LogP contribution in [-0.2, 0) is 23.4 Å². The van der Waals surface area contributed by atoms with E-state index in [1.54, 1.807) is 18.2 Å². The summed E-state index contributed by atoms with van der Waals surface area (Å²) < 4.78 is 47.3. The molecular weight excluding hydrogens is 794 g/mol. The van der Waals surface area contributed by atoms with Crippen molar-refractivity contribution in [2.45, 2.75) is 115 Å². The minimum atomic E-state index is -4.54. The molecule has 1 amide bonds. The monoisotopic (exact) mass is 854 g/mol. The summed E-state index contributed by atoms with van der Waals surface area (Å²) in [4.78, 5) is 50.4. The van der Waals surface area contributed by atoms with Gasteiger partial charge >= 0.3 is 19.4 Å². The number of carboxylic acids is 1. The van der Waals surface area contributed by atoms with Gasteiger partial charge in [0, 0.05) is 25.2 Å². The molecular formula is C44H60FN4O10P. The van der Waals surface area contributed by atoms with E-state index in [2.05, 4.69) is 78.1 Å². The molecule has 1 fully saturated rings. The van der Waals surface area contributed by atoms with Gasteiger partial charge in [-0.2, -0.15) is 5.09 Å². The molecule has 1 aliphatic heterocycles. The number of hydrogen-bond donors (Lipinski definition) is 5. The third kappa shape index (κ3) is 18.1. The molecule has 1 aliphatic rings. The zero-order valence-electron chi connectivity index (χ0n) is 34.4. The lowest BCUT2D eigenvalue weighted by molar-refractivity contribution is -0.139. The zero-order chi connectivity index (χ0) is 43.6. The molecule has 6 atom stereocenters. The number of H-pyrrole nitrogens is 1. The van der Waals surface area contributed by atoms with Crippen LogP contribution in [0.3, 0.4) is 0 Å². The van der Waals surface area contributed by atoms with Crippen LogP contribution in [-0.4, -0.2) is 68.7 Å². The van der Waals surface area contributed by atoms with E-state index in [9.17, 15) is 34.0 Å². The molecule has 0 bridgehead atoms. The van der Waals surface area contributed by atoms with Crippen LogP contribution in [0.4, 0.5) is 4.39 Å². The first kappa shape index (κ1) is 49.4. The van der Waals surface area contributed by atoms with Crippen molar-refractivity contribution in [3.05, 3.63) is 136 Å². The number of hydrogen-bond acceptors (Lipinski definition) is 9. The van der Waals surface area contributed by atoms with Gasteiger partial charge in [0.1, 0.15) is 24.0 Å². The number of nitrogens with one attached hydrogen (secondary N) is 3. The lowest BCUT2D eigenvalue weighted by Crippen LogP contribution is -2.44. The summed E-state index contributed by atoms with van der Waals surface area (Å²) >= 11 is 0. The summed E-state index contributed by atoms with van der Waals surface area (Å²) in [5.74, 6) is -1.41.